The van der Waals surface area contributed by atoms with Crippen LogP contribution in [0.25, 0.3) is 22.0 Å². The van der Waals surface area contributed by atoms with Crippen molar-refractivity contribution in [1.82, 2.24) is 14.8 Å². The summed E-state index contributed by atoms with van der Waals surface area (Å²) in [7, 11) is 4.03. The van der Waals surface area contributed by atoms with Crippen LogP contribution in [-0.4, -0.2) is 59.8 Å². The predicted octanol–water partition coefficient (Wildman–Crippen LogP) is 7.02. The zero-order valence-corrected chi connectivity index (χ0v) is 25.5. The Morgan fingerprint density at radius 1 is 0.767 bits per heavy atom. The van der Waals surface area contributed by atoms with Crippen molar-refractivity contribution in [2.75, 3.05) is 32.1 Å². The molecule has 43 heavy (non-hydrogen) atoms. The number of amides is 2. The molecule has 1 heterocycles. The van der Waals surface area contributed by atoms with Gasteiger partial charge in [-0.3, -0.25) is 9.59 Å². The van der Waals surface area contributed by atoms with E-state index >= 15 is 0 Å². The van der Waals surface area contributed by atoms with Crippen molar-refractivity contribution in [3.05, 3.63) is 126 Å². The van der Waals surface area contributed by atoms with E-state index in [0.29, 0.717) is 25.1 Å². The van der Waals surface area contributed by atoms with Crippen molar-refractivity contribution >= 4 is 28.4 Å². The maximum absolute atomic E-state index is 14.0. The SMILES string of the molecule is CC(C)N(CC(=O)N(CCc1c[nH]c2ccccc12)Cc1ccc(N(C)C)cc1)C(=O)c1ccc(-c2ccccc2)cc1. The van der Waals surface area contributed by atoms with Gasteiger partial charge in [0.2, 0.25) is 5.91 Å². The molecular formula is C37H40N4O2. The molecule has 0 bridgehead atoms. The molecule has 4 aromatic carbocycles. The van der Waals surface area contributed by atoms with Gasteiger partial charge in [0.25, 0.3) is 5.91 Å². The van der Waals surface area contributed by atoms with Gasteiger partial charge in [-0.2, -0.15) is 0 Å². The first-order valence-electron chi connectivity index (χ1n) is 14.9. The first-order valence-corrected chi connectivity index (χ1v) is 14.9. The number of rotatable bonds is 11. The maximum atomic E-state index is 14.0. The molecule has 0 aliphatic heterocycles. The number of carbonyl (C=O) groups is 2. The van der Waals surface area contributed by atoms with E-state index < -0.39 is 0 Å². The van der Waals surface area contributed by atoms with Crippen LogP contribution in [0.5, 0.6) is 0 Å². The second-order valence-electron chi connectivity index (χ2n) is 11.5. The Morgan fingerprint density at radius 2 is 1.42 bits per heavy atom. The number of hydrogen-bond donors (Lipinski definition) is 1. The summed E-state index contributed by atoms with van der Waals surface area (Å²) in [6, 6.07) is 34.1. The standard InChI is InChI=1S/C37H40N4O2/c1-27(2)41(37(43)31-18-16-30(17-19-31)29-10-6-5-7-11-29)26-36(42)40(25-28-14-20-33(21-15-28)39(3)4)23-22-32-24-38-35-13-9-8-12-34(32)35/h5-21,24,27,38H,22-23,25-26H2,1-4H3. The number of para-hydroxylation sites is 1. The Balaban J connectivity index is 1.34. The third-order valence-corrected chi connectivity index (χ3v) is 7.93. The number of H-pyrrole nitrogens is 1. The molecule has 0 unspecified atom stereocenters. The predicted molar refractivity (Wildman–Crippen MR) is 176 cm³/mol. The van der Waals surface area contributed by atoms with Gasteiger partial charge < -0.3 is 19.7 Å². The Kier molecular flexibility index (Phi) is 9.26. The van der Waals surface area contributed by atoms with E-state index in [9.17, 15) is 9.59 Å². The molecule has 0 spiro atoms. The zero-order valence-electron chi connectivity index (χ0n) is 25.5. The van der Waals surface area contributed by atoms with Crippen LogP contribution in [0.2, 0.25) is 0 Å². The lowest BCUT2D eigenvalue weighted by molar-refractivity contribution is -0.132. The van der Waals surface area contributed by atoms with Gasteiger partial charge in [-0.25, -0.2) is 0 Å². The van der Waals surface area contributed by atoms with Crippen LogP contribution >= 0.6 is 0 Å². The summed E-state index contributed by atoms with van der Waals surface area (Å²) in [4.78, 5) is 36.6. The van der Waals surface area contributed by atoms with Crippen molar-refractivity contribution in [2.24, 2.45) is 0 Å². The highest BCUT2D eigenvalue weighted by molar-refractivity contribution is 5.97. The monoisotopic (exact) mass is 572 g/mol. The van der Waals surface area contributed by atoms with Gasteiger partial charge in [-0.05, 0) is 72.9 Å². The molecule has 0 fully saturated rings. The van der Waals surface area contributed by atoms with E-state index in [1.54, 1.807) is 4.90 Å². The van der Waals surface area contributed by atoms with E-state index in [0.717, 1.165) is 27.9 Å². The molecule has 6 nitrogen and oxygen atoms in total. The Bertz CT molecular complexity index is 1660. The van der Waals surface area contributed by atoms with Gasteiger partial charge in [0.05, 0.1) is 0 Å². The molecule has 2 amide bonds. The van der Waals surface area contributed by atoms with Gasteiger partial charge in [0.1, 0.15) is 6.54 Å². The molecule has 0 radical (unpaired) electrons. The smallest absolute Gasteiger partial charge is 0.254 e. The zero-order chi connectivity index (χ0) is 30.3. The average molecular weight is 573 g/mol. The number of fused-ring (bicyclic) bond motifs is 1. The number of carbonyl (C=O) groups excluding carboxylic acids is 2. The summed E-state index contributed by atoms with van der Waals surface area (Å²) in [5, 5.41) is 1.17. The van der Waals surface area contributed by atoms with Crippen LogP contribution in [0.1, 0.15) is 35.3 Å². The minimum absolute atomic E-state index is 0.0145. The molecule has 0 saturated carbocycles. The van der Waals surface area contributed by atoms with Crippen LogP contribution in [0.4, 0.5) is 5.69 Å². The van der Waals surface area contributed by atoms with Crippen LogP contribution in [-0.2, 0) is 17.8 Å². The molecule has 220 valence electrons. The van der Waals surface area contributed by atoms with Gasteiger partial charge in [-0.1, -0.05) is 72.8 Å². The Morgan fingerprint density at radius 3 is 2.09 bits per heavy atom. The van der Waals surface area contributed by atoms with Crippen LogP contribution in [0.3, 0.4) is 0 Å². The number of anilines is 1. The minimum atomic E-state index is -0.144. The topological polar surface area (TPSA) is 59.7 Å². The highest BCUT2D eigenvalue weighted by Gasteiger charge is 2.25. The van der Waals surface area contributed by atoms with Crippen LogP contribution in [0, 0.1) is 0 Å². The molecule has 1 N–H and O–H groups in total. The fraction of sp³-hybridized carbons (Fsp3) is 0.243. The molecule has 1 aromatic heterocycles. The Hall–Kier alpha value is -4.84. The average Bonchev–Trinajstić information content (AvgIpc) is 3.45. The fourth-order valence-corrected chi connectivity index (χ4v) is 5.34. The van der Waals surface area contributed by atoms with Gasteiger partial charge >= 0.3 is 0 Å². The molecule has 0 aliphatic rings. The molecule has 0 atom stereocenters. The van der Waals surface area contributed by atoms with Gasteiger partial charge in [0.15, 0.2) is 0 Å². The maximum Gasteiger partial charge on any atom is 0.254 e. The van der Waals surface area contributed by atoms with E-state index in [4.69, 9.17) is 0 Å². The lowest BCUT2D eigenvalue weighted by Crippen LogP contribution is -2.46. The summed E-state index contributed by atoms with van der Waals surface area (Å²) in [5.74, 6) is -0.214. The third kappa shape index (κ3) is 7.15. The van der Waals surface area contributed by atoms with Crippen LogP contribution in [0.15, 0.2) is 109 Å². The largest absolute Gasteiger partial charge is 0.378 e. The first-order chi connectivity index (χ1) is 20.8. The summed E-state index contributed by atoms with van der Waals surface area (Å²) >= 11 is 0. The summed E-state index contributed by atoms with van der Waals surface area (Å²) in [5.41, 5.74) is 7.14. The summed E-state index contributed by atoms with van der Waals surface area (Å²) < 4.78 is 0. The second kappa shape index (κ2) is 13.4. The number of nitrogens with zero attached hydrogens (tertiary/aromatic N) is 3. The van der Waals surface area contributed by atoms with E-state index in [2.05, 4.69) is 58.4 Å². The van der Waals surface area contributed by atoms with Crippen molar-refractivity contribution in [1.29, 1.82) is 0 Å². The van der Waals surface area contributed by atoms with Crippen LogP contribution < -0.4 is 4.90 Å². The molecule has 5 rings (SSSR count). The van der Waals surface area contributed by atoms with Crippen molar-refractivity contribution < 1.29 is 9.59 Å². The molecule has 5 aromatic rings. The number of hydrogen-bond acceptors (Lipinski definition) is 3. The van der Waals surface area contributed by atoms with Crippen molar-refractivity contribution in [3.8, 4) is 11.1 Å². The lowest BCUT2D eigenvalue weighted by atomic mass is 10.0. The minimum Gasteiger partial charge on any atom is -0.378 e. The highest BCUT2D eigenvalue weighted by Crippen LogP contribution is 2.22. The summed E-state index contributed by atoms with van der Waals surface area (Å²) in [6.45, 7) is 4.95. The molecule has 0 saturated heterocycles. The molecule has 0 aliphatic carbocycles. The summed E-state index contributed by atoms with van der Waals surface area (Å²) in [6.07, 6.45) is 2.74. The number of aromatic amines is 1. The highest BCUT2D eigenvalue weighted by atomic mass is 16.2. The number of aromatic nitrogens is 1. The third-order valence-electron chi connectivity index (χ3n) is 7.93. The van der Waals surface area contributed by atoms with E-state index in [1.165, 1.54) is 10.9 Å². The van der Waals surface area contributed by atoms with Gasteiger partial charge in [0, 0.05) is 61.6 Å². The van der Waals surface area contributed by atoms with E-state index in [1.807, 2.05) is 93.6 Å². The quantitative estimate of drug-likeness (QED) is 0.185. The molecular weight excluding hydrogens is 532 g/mol. The van der Waals surface area contributed by atoms with E-state index in [-0.39, 0.29) is 24.4 Å². The van der Waals surface area contributed by atoms with Crippen molar-refractivity contribution in [2.45, 2.75) is 32.9 Å². The normalized spacial score (nSPS) is 11.1. The number of benzene rings is 4. The first kappa shape index (κ1) is 29.6. The lowest BCUT2D eigenvalue weighted by Gasteiger charge is -2.30. The number of nitrogens with one attached hydrogen (secondary N) is 1. The molecule has 6 heteroatoms. The Labute approximate surface area is 254 Å². The van der Waals surface area contributed by atoms with Crippen molar-refractivity contribution in [3.63, 3.8) is 0 Å². The fourth-order valence-electron chi connectivity index (χ4n) is 5.34. The second-order valence-corrected chi connectivity index (χ2v) is 11.5. The van der Waals surface area contributed by atoms with Gasteiger partial charge in [-0.15, -0.1) is 0 Å².